The van der Waals surface area contributed by atoms with E-state index in [1.54, 1.807) is 0 Å². The summed E-state index contributed by atoms with van der Waals surface area (Å²) in [7, 11) is 1.33. The highest BCUT2D eigenvalue weighted by atomic mass is 16.6. The zero-order valence-corrected chi connectivity index (χ0v) is 11.3. The maximum absolute atomic E-state index is 11.7. The van der Waals surface area contributed by atoms with Crippen LogP contribution in [0.4, 0.5) is 0 Å². The second kappa shape index (κ2) is 7.33. The van der Waals surface area contributed by atoms with Gasteiger partial charge in [0, 0.05) is 19.6 Å². The number of esters is 1. The van der Waals surface area contributed by atoms with Gasteiger partial charge in [-0.15, -0.1) is 0 Å². The Labute approximate surface area is 108 Å². The lowest BCUT2D eigenvalue weighted by Gasteiger charge is -2.30. The number of morpholine rings is 1. The number of ether oxygens (including phenoxy) is 2. The molecule has 1 amide bonds. The number of amides is 1. The molecule has 0 aliphatic carbocycles. The number of rotatable bonds is 5. The van der Waals surface area contributed by atoms with Crippen molar-refractivity contribution in [1.29, 1.82) is 0 Å². The van der Waals surface area contributed by atoms with Crippen molar-refractivity contribution in [3.8, 4) is 0 Å². The molecule has 1 aliphatic heterocycles. The Morgan fingerprint density at radius 1 is 1.50 bits per heavy atom. The first-order valence-corrected chi connectivity index (χ1v) is 6.21. The van der Waals surface area contributed by atoms with Gasteiger partial charge in [-0.1, -0.05) is 13.8 Å². The van der Waals surface area contributed by atoms with Gasteiger partial charge in [0.1, 0.15) is 0 Å². The average molecular weight is 258 g/mol. The third-order valence-corrected chi connectivity index (χ3v) is 2.69. The number of hydrogen-bond donors (Lipinski definition) is 1. The summed E-state index contributed by atoms with van der Waals surface area (Å²) >= 11 is 0. The zero-order valence-electron chi connectivity index (χ0n) is 11.3. The standard InChI is InChI=1S/C12H22N2O4/c1-9(2)6-13-11(15)8-14-4-5-18-10(7-14)12(16)17-3/h9-10H,4-8H2,1-3H3,(H,13,15). The monoisotopic (exact) mass is 258 g/mol. The molecule has 0 aromatic heterocycles. The molecule has 0 radical (unpaired) electrons. The van der Waals surface area contributed by atoms with Gasteiger partial charge in [-0.05, 0) is 5.92 Å². The third kappa shape index (κ3) is 5.01. The van der Waals surface area contributed by atoms with Crippen LogP contribution in [0.2, 0.25) is 0 Å². The lowest BCUT2D eigenvalue weighted by atomic mass is 10.2. The van der Waals surface area contributed by atoms with Gasteiger partial charge in [-0.2, -0.15) is 0 Å². The van der Waals surface area contributed by atoms with Gasteiger partial charge in [0.05, 0.1) is 20.3 Å². The summed E-state index contributed by atoms with van der Waals surface area (Å²) in [4.78, 5) is 24.9. The maximum Gasteiger partial charge on any atom is 0.336 e. The summed E-state index contributed by atoms with van der Waals surface area (Å²) in [5.74, 6) is 0.0259. The number of nitrogens with one attached hydrogen (secondary N) is 1. The van der Waals surface area contributed by atoms with E-state index >= 15 is 0 Å². The van der Waals surface area contributed by atoms with Crippen molar-refractivity contribution < 1.29 is 19.1 Å². The molecule has 0 bridgehead atoms. The molecule has 1 N–H and O–H groups in total. The minimum atomic E-state index is -0.582. The summed E-state index contributed by atoms with van der Waals surface area (Å²) in [6.45, 7) is 6.55. The molecule has 0 spiro atoms. The van der Waals surface area contributed by atoms with Crippen LogP contribution in [0.25, 0.3) is 0 Å². The summed E-state index contributed by atoms with van der Waals surface area (Å²) in [6, 6.07) is 0. The predicted octanol–water partition coefficient (Wildman–Crippen LogP) is -0.368. The first kappa shape index (κ1) is 14.9. The van der Waals surface area contributed by atoms with E-state index in [0.717, 1.165) is 0 Å². The molecule has 6 nitrogen and oxygen atoms in total. The van der Waals surface area contributed by atoms with Gasteiger partial charge < -0.3 is 14.8 Å². The van der Waals surface area contributed by atoms with E-state index in [1.807, 2.05) is 18.7 Å². The van der Waals surface area contributed by atoms with Crippen LogP contribution in [0.15, 0.2) is 0 Å². The molecule has 0 saturated carbocycles. The molecular weight excluding hydrogens is 236 g/mol. The molecule has 1 rings (SSSR count). The van der Waals surface area contributed by atoms with Crippen molar-refractivity contribution in [2.75, 3.05) is 39.9 Å². The quantitative estimate of drug-likeness (QED) is 0.682. The highest BCUT2D eigenvalue weighted by Crippen LogP contribution is 2.06. The maximum atomic E-state index is 11.7. The van der Waals surface area contributed by atoms with Crippen molar-refractivity contribution >= 4 is 11.9 Å². The Morgan fingerprint density at radius 2 is 2.22 bits per heavy atom. The van der Waals surface area contributed by atoms with Crippen molar-refractivity contribution in [2.24, 2.45) is 5.92 Å². The van der Waals surface area contributed by atoms with Gasteiger partial charge >= 0.3 is 5.97 Å². The van der Waals surface area contributed by atoms with E-state index in [-0.39, 0.29) is 11.9 Å². The summed E-state index contributed by atoms with van der Waals surface area (Å²) < 4.78 is 9.92. The Balaban J connectivity index is 2.33. The van der Waals surface area contributed by atoms with Gasteiger partial charge in [0.2, 0.25) is 5.91 Å². The van der Waals surface area contributed by atoms with Crippen molar-refractivity contribution in [3.05, 3.63) is 0 Å². The normalized spacial score (nSPS) is 20.8. The SMILES string of the molecule is COC(=O)C1CN(CC(=O)NCC(C)C)CCO1. The third-order valence-electron chi connectivity index (χ3n) is 2.69. The second-order valence-corrected chi connectivity index (χ2v) is 4.82. The fourth-order valence-corrected chi connectivity index (χ4v) is 1.70. The molecule has 104 valence electrons. The Bertz CT molecular complexity index is 294. The number of carbonyl (C=O) groups excluding carboxylic acids is 2. The fourth-order valence-electron chi connectivity index (χ4n) is 1.70. The molecule has 1 fully saturated rings. The summed E-state index contributed by atoms with van der Waals surface area (Å²) in [6.07, 6.45) is -0.582. The molecule has 1 saturated heterocycles. The van der Waals surface area contributed by atoms with Crippen LogP contribution in [0.1, 0.15) is 13.8 Å². The molecular formula is C12H22N2O4. The highest BCUT2D eigenvalue weighted by Gasteiger charge is 2.28. The summed E-state index contributed by atoms with van der Waals surface area (Å²) in [5, 5.41) is 2.85. The number of carbonyl (C=O) groups is 2. The molecule has 1 unspecified atom stereocenters. The minimum Gasteiger partial charge on any atom is -0.467 e. The fraction of sp³-hybridized carbons (Fsp3) is 0.833. The van der Waals surface area contributed by atoms with Crippen molar-refractivity contribution in [2.45, 2.75) is 20.0 Å². The average Bonchev–Trinajstić information content (AvgIpc) is 2.35. The lowest BCUT2D eigenvalue weighted by Crippen LogP contribution is -2.49. The van der Waals surface area contributed by atoms with E-state index in [2.05, 4.69) is 10.1 Å². The Morgan fingerprint density at radius 3 is 2.83 bits per heavy atom. The van der Waals surface area contributed by atoms with E-state index in [9.17, 15) is 9.59 Å². The van der Waals surface area contributed by atoms with Crippen molar-refractivity contribution in [3.63, 3.8) is 0 Å². The second-order valence-electron chi connectivity index (χ2n) is 4.82. The smallest absolute Gasteiger partial charge is 0.336 e. The van der Waals surface area contributed by atoms with E-state index < -0.39 is 6.10 Å². The van der Waals surface area contributed by atoms with Crippen LogP contribution < -0.4 is 5.32 Å². The van der Waals surface area contributed by atoms with Crippen molar-refractivity contribution in [1.82, 2.24) is 10.2 Å². The summed E-state index contributed by atoms with van der Waals surface area (Å²) in [5.41, 5.74) is 0. The first-order chi connectivity index (χ1) is 8.52. The molecule has 0 aromatic rings. The van der Waals surface area contributed by atoms with Gasteiger partial charge in [0.15, 0.2) is 6.10 Å². The predicted molar refractivity (Wildman–Crippen MR) is 66.0 cm³/mol. The molecule has 1 heterocycles. The molecule has 6 heteroatoms. The van der Waals surface area contributed by atoms with Crippen LogP contribution in [-0.4, -0.2) is 62.8 Å². The molecule has 18 heavy (non-hydrogen) atoms. The van der Waals surface area contributed by atoms with Crippen LogP contribution in [0.3, 0.4) is 0 Å². The molecule has 1 atom stereocenters. The Hall–Kier alpha value is -1.14. The lowest BCUT2D eigenvalue weighted by molar-refractivity contribution is -0.160. The Kier molecular flexibility index (Phi) is 6.07. The van der Waals surface area contributed by atoms with E-state index in [4.69, 9.17) is 4.74 Å². The van der Waals surface area contributed by atoms with E-state index in [0.29, 0.717) is 38.7 Å². The van der Waals surface area contributed by atoms with Gasteiger partial charge in [-0.3, -0.25) is 9.69 Å². The van der Waals surface area contributed by atoms with Crippen LogP contribution >= 0.6 is 0 Å². The van der Waals surface area contributed by atoms with Crippen LogP contribution in [0.5, 0.6) is 0 Å². The molecule has 0 aromatic carbocycles. The largest absolute Gasteiger partial charge is 0.467 e. The zero-order chi connectivity index (χ0) is 13.5. The van der Waals surface area contributed by atoms with Gasteiger partial charge in [0.25, 0.3) is 0 Å². The topological polar surface area (TPSA) is 67.9 Å². The van der Waals surface area contributed by atoms with Crippen LogP contribution in [0, 0.1) is 5.92 Å². The molecule has 1 aliphatic rings. The van der Waals surface area contributed by atoms with Crippen LogP contribution in [-0.2, 0) is 19.1 Å². The minimum absolute atomic E-state index is 0.0192. The van der Waals surface area contributed by atoms with Gasteiger partial charge in [-0.25, -0.2) is 4.79 Å². The number of methoxy groups -OCH3 is 1. The number of nitrogens with zero attached hydrogens (tertiary/aromatic N) is 1. The number of hydrogen-bond acceptors (Lipinski definition) is 5. The first-order valence-electron chi connectivity index (χ1n) is 6.21. The van der Waals surface area contributed by atoms with E-state index in [1.165, 1.54) is 7.11 Å². The highest BCUT2D eigenvalue weighted by molar-refractivity contribution is 5.78.